The van der Waals surface area contributed by atoms with Gasteiger partial charge in [-0.05, 0) is 73.7 Å². The molecule has 1 aromatic carbocycles. The summed E-state index contributed by atoms with van der Waals surface area (Å²) in [6.45, 7) is 1.16. The molecule has 0 spiro atoms. The van der Waals surface area contributed by atoms with Gasteiger partial charge in [0.15, 0.2) is 0 Å². The number of nitrogens with one attached hydrogen (secondary N) is 1. The average Bonchev–Trinajstić information content (AvgIpc) is 2.88. The van der Waals surface area contributed by atoms with Crippen LogP contribution >= 0.6 is 0 Å². The van der Waals surface area contributed by atoms with E-state index in [2.05, 4.69) is 23.5 Å². The van der Waals surface area contributed by atoms with Crippen LogP contribution in [0.1, 0.15) is 88.2 Å². The Hall–Kier alpha value is -2.29. The van der Waals surface area contributed by atoms with Crippen molar-refractivity contribution in [1.29, 1.82) is 0 Å². The van der Waals surface area contributed by atoms with Gasteiger partial charge in [0.05, 0.1) is 0 Å². The highest BCUT2D eigenvalue weighted by molar-refractivity contribution is 5.73. The smallest absolute Gasteiger partial charge is 0.475 e. The number of carboxylic acids is 1. The van der Waals surface area contributed by atoms with Gasteiger partial charge in [0.1, 0.15) is 5.75 Å². The minimum atomic E-state index is -5.08. The van der Waals surface area contributed by atoms with Gasteiger partial charge in [0.25, 0.3) is 0 Å². The molecule has 6 nitrogen and oxygen atoms in total. The third kappa shape index (κ3) is 6.78. The van der Waals surface area contributed by atoms with Gasteiger partial charge in [0.2, 0.25) is 6.79 Å². The Kier molecular flexibility index (Phi) is 9.03. The second-order valence-electron chi connectivity index (χ2n) is 11.0. The number of esters is 1. The first-order valence-corrected chi connectivity index (χ1v) is 13.6. The number of halogens is 3. The maximum Gasteiger partial charge on any atom is 0.490 e. The molecule has 9 heteroatoms. The summed E-state index contributed by atoms with van der Waals surface area (Å²) in [7, 11) is 0. The predicted molar refractivity (Wildman–Crippen MR) is 131 cm³/mol. The van der Waals surface area contributed by atoms with Crippen molar-refractivity contribution in [2.24, 2.45) is 11.8 Å². The Labute approximate surface area is 216 Å². The second-order valence-corrected chi connectivity index (χ2v) is 11.0. The lowest BCUT2D eigenvalue weighted by molar-refractivity contribution is -0.192. The second kappa shape index (κ2) is 12.0. The topological polar surface area (TPSA) is 84.9 Å². The summed E-state index contributed by atoms with van der Waals surface area (Å²) in [5.41, 5.74) is 3.34. The molecule has 0 radical (unpaired) electrons. The molecule has 3 atom stereocenters. The lowest BCUT2D eigenvalue weighted by atomic mass is 9.53. The lowest BCUT2D eigenvalue weighted by Crippen LogP contribution is -2.59. The zero-order valence-electron chi connectivity index (χ0n) is 21.3. The summed E-state index contributed by atoms with van der Waals surface area (Å²) < 4.78 is 43.0. The number of ether oxygens (including phenoxy) is 2. The van der Waals surface area contributed by atoms with Crippen molar-refractivity contribution < 1.29 is 37.3 Å². The first kappa shape index (κ1) is 27.7. The molecule has 0 amide bonds. The fourth-order valence-electron chi connectivity index (χ4n) is 7.03. The van der Waals surface area contributed by atoms with Crippen LogP contribution < -0.4 is 10.1 Å². The lowest BCUT2D eigenvalue weighted by Gasteiger charge is -2.56. The molecular formula is C28H38F3NO5. The highest BCUT2D eigenvalue weighted by Gasteiger charge is 2.51. The van der Waals surface area contributed by atoms with Crippen LogP contribution in [-0.2, 0) is 26.2 Å². The fourth-order valence-corrected chi connectivity index (χ4v) is 7.03. The summed E-state index contributed by atoms with van der Waals surface area (Å²) in [5, 5.41) is 10.9. The number of carbonyl (C=O) groups excluding carboxylic acids is 1. The number of carboxylic acid groups (broad SMARTS) is 1. The van der Waals surface area contributed by atoms with Crippen LogP contribution in [0.25, 0.3) is 0 Å². The summed E-state index contributed by atoms with van der Waals surface area (Å²) >= 11 is 0. The van der Waals surface area contributed by atoms with Crippen LogP contribution in [0.15, 0.2) is 18.2 Å². The van der Waals surface area contributed by atoms with Gasteiger partial charge in [-0.15, -0.1) is 0 Å². The van der Waals surface area contributed by atoms with E-state index in [4.69, 9.17) is 19.4 Å². The minimum Gasteiger partial charge on any atom is -0.475 e. The van der Waals surface area contributed by atoms with Gasteiger partial charge in [-0.2, -0.15) is 13.2 Å². The Morgan fingerprint density at radius 2 is 1.78 bits per heavy atom. The van der Waals surface area contributed by atoms with E-state index >= 15 is 0 Å². The van der Waals surface area contributed by atoms with E-state index in [1.165, 1.54) is 75.3 Å². The predicted octanol–water partition coefficient (Wildman–Crippen LogP) is 5.91. The molecule has 206 valence electrons. The number of hydrogen-bond donors (Lipinski definition) is 2. The van der Waals surface area contributed by atoms with E-state index in [9.17, 15) is 18.0 Å². The molecule has 3 fully saturated rings. The maximum atomic E-state index is 12.1. The van der Waals surface area contributed by atoms with Gasteiger partial charge >= 0.3 is 18.1 Å². The van der Waals surface area contributed by atoms with E-state index in [1.807, 2.05) is 0 Å². The van der Waals surface area contributed by atoms with Crippen LogP contribution in [-0.4, -0.2) is 42.6 Å². The third-order valence-corrected chi connectivity index (χ3v) is 8.79. The van der Waals surface area contributed by atoms with Crippen molar-refractivity contribution in [1.82, 2.24) is 5.32 Å². The monoisotopic (exact) mass is 525 g/mol. The molecule has 4 aliphatic rings. The van der Waals surface area contributed by atoms with Crippen molar-refractivity contribution in [3.05, 3.63) is 29.3 Å². The molecule has 1 aromatic rings. The molecule has 2 bridgehead atoms. The number of benzene rings is 1. The zero-order chi connectivity index (χ0) is 26.5. The zero-order valence-corrected chi connectivity index (χ0v) is 21.3. The summed E-state index contributed by atoms with van der Waals surface area (Å²) in [6, 6.07) is 7.22. The van der Waals surface area contributed by atoms with Crippen LogP contribution in [0.4, 0.5) is 13.2 Å². The number of aliphatic carboxylic acids is 1. The number of carbonyl (C=O) groups is 2. The van der Waals surface area contributed by atoms with Crippen LogP contribution in [0, 0.1) is 11.8 Å². The quantitative estimate of drug-likeness (QED) is 0.355. The van der Waals surface area contributed by atoms with E-state index in [-0.39, 0.29) is 12.8 Å². The average molecular weight is 526 g/mol. The molecule has 1 aliphatic heterocycles. The Balaban J connectivity index is 0.000000405. The Morgan fingerprint density at radius 1 is 1.05 bits per heavy atom. The Morgan fingerprint density at radius 3 is 2.51 bits per heavy atom. The van der Waals surface area contributed by atoms with E-state index in [0.29, 0.717) is 23.8 Å². The van der Waals surface area contributed by atoms with Crippen LogP contribution in [0.3, 0.4) is 0 Å². The van der Waals surface area contributed by atoms with Crippen molar-refractivity contribution in [2.75, 3.05) is 13.3 Å². The Bertz CT molecular complexity index is 942. The third-order valence-electron chi connectivity index (χ3n) is 8.79. The minimum absolute atomic E-state index is 0.0307. The van der Waals surface area contributed by atoms with E-state index < -0.39 is 12.1 Å². The molecule has 2 saturated carbocycles. The molecule has 37 heavy (non-hydrogen) atoms. The fraction of sp³-hybridized carbons (Fsp3) is 0.714. The number of hydrogen-bond acceptors (Lipinski definition) is 5. The first-order valence-electron chi connectivity index (χ1n) is 13.6. The summed E-state index contributed by atoms with van der Waals surface area (Å²) in [6.07, 6.45) is 10.7. The first-order chi connectivity index (χ1) is 17.7. The van der Waals surface area contributed by atoms with Gasteiger partial charge < -0.3 is 19.9 Å². The highest BCUT2D eigenvalue weighted by Crippen LogP contribution is 2.54. The van der Waals surface area contributed by atoms with Gasteiger partial charge in [0, 0.05) is 17.9 Å². The van der Waals surface area contributed by atoms with Gasteiger partial charge in [-0.25, -0.2) is 4.79 Å². The van der Waals surface area contributed by atoms with Crippen molar-refractivity contribution in [3.8, 4) is 5.75 Å². The van der Waals surface area contributed by atoms with Crippen LogP contribution in [0.5, 0.6) is 5.75 Å². The highest BCUT2D eigenvalue weighted by atomic mass is 19.4. The standard InChI is InChI=1S/C26H37NO3.C2HF3O2/c28-25(12-9-19-6-2-1-3-7-19)30-18-29-21-11-10-20-16-24-22-8-4-5-13-26(22,14-15-27-24)23(20)17-21;3-2(4,5)1(6)7/h10-11,17,19,22,24,27H,1-9,12-16,18H2;(H,6,7)/t22-,24+,26-;/m1./s1. The van der Waals surface area contributed by atoms with Crippen LogP contribution in [0.2, 0.25) is 0 Å². The molecule has 1 saturated heterocycles. The molecule has 0 aromatic heterocycles. The molecule has 1 heterocycles. The van der Waals surface area contributed by atoms with Gasteiger partial charge in [-0.3, -0.25) is 4.79 Å². The molecule has 3 aliphatic carbocycles. The molecule has 2 N–H and O–H groups in total. The number of rotatable bonds is 6. The normalized spacial score (nSPS) is 27.1. The van der Waals surface area contributed by atoms with E-state index in [0.717, 1.165) is 31.1 Å². The summed E-state index contributed by atoms with van der Waals surface area (Å²) in [5.74, 6) is -0.549. The number of alkyl halides is 3. The number of piperidine rings is 1. The largest absolute Gasteiger partial charge is 0.490 e. The van der Waals surface area contributed by atoms with Crippen molar-refractivity contribution in [3.63, 3.8) is 0 Å². The van der Waals surface area contributed by atoms with E-state index in [1.54, 1.807) is 0 Å². The van der Waals surface area contributed by atoms with Crippen molar-refractivity contribution in [2.45, 2.75) is 101 Å². The molecular weight excluding hydrogens is 487 g/mol. The maximum absolute atomic E-state index is 12.1. The van der Waals surface area contributed by atoms with Crippen molar-refractivity contribution >= 4 is 11.9 Å². The SMILES string of the molecule is O=C(CCC1CCCCC1)OCOc1ccc2c(c1)[C@@]13CCCC[C@@H]1[C@H](C2)NCC3.O=C(O)C(F)(F)F. The molecule has 5 rings (SSSR count). The summed E-state index contributed by atoms with van der Waals surface area (Å²) in [4.78, 5) is 21.0. The molecule has 0 unspecified atom stereocenters. The number of fused-ring (bicyclic) bond motifs is 1. The van der Waals surface area contributed by atoms with Gasteiger partial charge in [-0.1, -0.05) is 51.0 Å².